The fraction of sp³-hybridized carbons (Fsp3) is 0.0455. The molecule has 0 fully saturated rings. The molecule has 0 atom stereocenters. The van der Waals surface area contributed by atoms with Gasteiger partial charge in [-0.15, -0.1) is 0 Å². The Labute approximate surface area is 182 Å². The van der Waals surface area contributed by atoms with Gasteiger partial charge in [-0.3, -0.25) is 14.4 Å². The summed E-state index contributed by atoms with van der Waals surface area (Å²) in [5.41, 5.74) is 1.48. The summed E-state index contributed by atoms with van der Waals surface area (Å²) < 4.78 is 4.99. The number of carbonyl (C=O) groups is 3. The molecular weight excluding hydrogens is 427 g/mol. The van der Waals surface area contributed by atoms with Crippen molar-refractivity contribution >= 4 is 52.4 Å². The maximum atomic E-state index is 12.5. The highest BCUT2D eigenvalue weighted by Crippen LogP contribution is 2.23. The second-order valence-electron chi connectivity index (χ2n) is 6.23. The lowest BCUT2D eigenvalue weighted by Gasteiger charge is -2.10. The lowest BCUT2D eigenvalue weighted by Crippen LogP contribution is -2.14. The van der Waals surface area contributed by atoms with Crippen molar-refractivity contribution in [3.63, 3.8) is 0 Å². The Hall–Kier alpha value is -3.35. The lowest BCUT2D eigenvalue weighted by atomic mass is 10.2. The van der Waals surface area contributed by atoms with Crippen molar-refractivity contribution in [1.29, 1.82) is 0 Å². The lowest BCUT2D eigenvalue weighted by molar-refractivity contribution is -0.131. The highest BCUT2D eigenvalue weighted by molar-refractivity contribution is 6.36. The summed E-state index contributed by atoms with van der Waals surface area (Å²) >= 11 is 12.0. The average Bonchev–Trinajstić information content (AvgIpc) is 2.69. The Morgan fingerprint density at radius 3 is 2.17 bits per heavy atom. The molecular formula is C22H16Cl2N2O4. The normalized spacial score (nSPS) is 10.2. The average molecular weight is 443 g/mol. The van der Waals surface area contributed by atoms with Gasteiger partial charge in [0.05, 0.1) is 10.6 Å². The molecule has 0 heterocycles. The summed E-state index contributed by atoms with van der Waals surface area (Å²) in [7, 11) is 0. The zero-order valence-electron chi connectivity index (χ0n) is 15.7. The van der Waals surface area contributed by atoms with Crippen LogP contribution in [0.3, 0.4) is 0 Å². The van der Waals surface area contributed by atoms with E-state index >= 15 is 0 Å². The van der Waals surface area contributed by atoms with E-state index in [4.69, 9.17) is 27.9 Å². The van der Waals surface area contributed by atoms with Crippen LogP contribution in [-0.2, 0) is 4.79 Å². The fourth-order valence-electron chi connectivity index (χ4n) is 2.61. The number of nitrogens with one attached hydrogen (secondary N) is 2. The molecule has 2 N–H and O–H groups in total. The van der Waals surface area contributed by atoms with E-state index in [1.807, 2.05) is 0 Å². The molecule has 0 aliphatic rings. The summed E-state index contributed by atoms with van der Waals surface area (Å²) in [6, 6.07) is 17.5. The highest BCUT2D eigenvalue weighted by Gasteiger charge is 2.13. The SMILES string of the molecule is CC(=O)Oc1cccc(C(=O)Nc2cccc(NC(=O)c3cc(Cl)ccc3Cl)c2)c1. The molecule has 3 aromatic carbocycles. The first-order chi connectivity index (χ1) is 14.3. The minimum Gasteiger partial charge on any atom is -0.427 e. The Morgan fingerprint density at radius 1 is 0.800 bits per heavy atom. The van der Waals surface area contributed by atoms with Gasteiger partial charge in [-0.1, -0.05) is 35.3 Å². The molecule has 0 bridgehead atoms. The smallest absolute Gasteiger partial charge is 0.308 e. The van der Waals surface area contributed by atoms with Crippen LogP contribution in [0, 0.1) is 0 Å². The van der Waals surface area contributed by atoms with Gasteiger partial charge in [0.2, 0.25) is 0 Å². The topological polar surface area (TPSA) is 84.5 Å². The van der Waals surface area contributed by atoms with Gasteiger partial charge in [-0.05, 0) is 54.6 Å². The summed E-state index contributed by atoms with van der Waals surface area (Å²) in [6.07, 6.45) is 0. The maximum Gasteiger partial charge on any atom is 0.308 e. The van der Waals surface area contributed by atoms with Gasteiger partial charge >= 0.3 is 5.97 Å². The van der Waals surface area contributed by atoms with Crippen molar-refractivity contribution in [2.24, 2.45) is 0 Å². The predicted octanol–water partition coefficient (Wildman–Crippen LogP) is 5.42. The largest absolute Gasteiger partial charge is 0.427 e. The van der Waals surface area contributed by atoms with E-state index in [1.165, 1.54) is 19.1 Å². The summed E-state index contributed by atoms with van der Waals surface area (Å²) in [4.78, 5) is 36.1. The molecule has 0 unspecified atom stereocenters. The van der Waals surface area contributed by atoms with E-state index in [2.05, 4.69) is 10.6 Å². The van der Waals surface area contributed by atoms with E-state index in [9.17, 15) is 14.4 Å². The van der Waals surface area contributed by atoms with Crippen LogP contribution in [-0.4, -0.2) is 17.8 Å². The molecule has 8 heteroatoms. The van der Waals surface area contributed by atoms with E-state index in [0.717, 1.165) is 0 Å². The number of carbonyl (C=O) groups excluding carboxylic acids is 3. The van der Waals surface area contributed by atoms with Gasteiger partial charge in [0.1, 0.15) is 5.75 Å². The third kappa shape index (κ3) is 5.59. The molecule has 0 aliphatic carbocycles. The van der Waals surface area contributed by atoms with Crippen LogP contribution >= 0.6 is 23.2 Å². The third-order valence-corrected chi connectivity index (χ3v) is 4.47. The Bertz CT molecular complexity index is 1130. The van der Waals surface area contributed by atoms with Crippen molar-refractivity contribution in [3.8, 4) is 5.75 Å². The van der Waals surface area contributed by atoms with Gasteiger partial charge in [-0.25, -0.2) is 0 Å². The van der Waals surface area contributed by atoms with Gasteiger partial charge < -0.3 is 15.4 Å². The fourth-order valence-corrected chi connectivity index (χ4v) is 2.99. The molecule has 6 nitrogen and oxygen atoms in total. The van der Waals surface area contributed by atoms with Crippen molar-refractivity contribution in [1.82, 2.24) is 0 Å². The summed E-state index contributed by atoms with van der Waals surface area (Å²) in [5, 5.41) is 6.12. The number of anilines is 2. The highest BCUT2D eigenvalue weighted by atomic mass is 35.5. The molecule has 3 aromatic rings. The van der Waals surface area contributed by atoms with E-state index in [-0.39, 0.29) is 16.3 Å². The molecule has 0 radical (unpaired) electrons. The maximum absolute atomic E-state index is 12.5. The molecule has 0 spiro atoms. The monoisotopic (exact) mass is 442 g/mol. The Balaban J connectivity index is 1.72. The second-order valence-corrected chi connectivity index (χ2v) is 7.08. The summed E-state index contributed by atoms with van der Waals surface area (Å²) in [5.74, 6) is -1.03. The first kappa shape index (κ1) is 21.4. The number of amides is 2. The number of hydrogen-bond acceptors (Lipinski definition) is 4. The van der Waals surface area contributed by atoms with Gasteiger partial charge in [0, 0.05) is 28.9 Å². The first-order valence-corrected chi connectivity index (χ1v) is 9.54. The summed E-state index contributed by atoms with van der Waals surface area (Å²) in [6.45, 7) is 1.28. The quantitative estimate of drug-likeness (QED) is 0.407. The van der Waals surface area contributed by atoms with Gasteiger partial charge in [0.25, 0.3) is 11.8 Å². The zero-order chi connectivity index (χ0) is 21.7. The minimum atomic E-state index is -0.476. The van der Waals surface area contributed by atoms with Crippen molar-refractivity contribution in [2.45, 2.75) is 6.92 Å². The number of ether oxygens (including phenoxy) is 1. The number of benzene rings is 3. The molecule has 30 heavy (non-hydrogen) atoms. The molecule has 0 aliphatic heterocycles. The molecule has 152 valence electrons. The van der Waals surface area contributed by atoms with Crippen molar-refractivity contribution in [3.05, 3.63) is 87.9 Å². The standard InChI is InChI=1S/C22H16Cl2N2O4/c1-13(27)30-18-7-2-4-14(10-18)21(28)25-16-5-3-6-17(12-16)26-22(29)19-11-15(23)8-9-20(19)24/h2-12H,1H3,(H,25,28)(H,26,29). The Kier molecular flexibility index (Phi) is 6.72. The van der Waals surface area contributed by atoms with Crippen LogP contribution in [0.15, 0.2) is 66.7 Å². The molecule has 3 rings (SSSR count). The van der Waals surface area contributed by atoms with Crippen LogP contribution in [0.2, 0.25) is 10.0 Å². The molecule has 2 amide bonds. The number of esters is 1. The molecule has 0 aromatic heterocycles. The number of hydrogen-bond donors (Lipinski definition) is 2. The Morgan fingerprint density at radius 2 is 1.47 bits per heavy atom. The van der Waals surface area contributed by atoms with Crippen molar-refractivity contribution in [2.75, 3.05) is 10.6 Å². The molecule has 0 saturated carbocycles. The number of rotatable bonds is 5. The molecule has 0 saturated heterocycles. The predicted molar refractivity (Wildman–Crippen MR) is 117 cm³/mol. The third-order valence-electron chi connectivity index (χ3n) is 3.91. The van der Waals surface area contributed by atoms with Crippen LogP contribution in [0.4, 0.5) is 11.4 Å². The van der Waals surface area contributed by atoms with Crippen molar-refractivity contribution < 1.29 is 19.1 Å². The van der Waals surface area contributed by atoms with Crippen LogP contribution < -0.4 is 15.4 Å². The van der Waals surface area contributed by atoms with E-state index < -0.39 is 17.8 Å². The first-order valence-electron chi connectivity index (χ1n) is 8.78. The van der Waals surface area contributed by atoms with Crippen LogP contribution in [0.1, 0.15) is 27.6 Å². The van der Waals surface area contributed by atoms with E-state index in [1.54, 1.807) is 54.6 Å². The second kappa shape index (κ2) is 9.43. The van der Waals surface area contributed by atoms with Gasteiger partial charge in [-0.2, -0.15) is 0 Å². The van der Waals surface area contributed by atoms with Crippen LogP contribution in [0.25, 0.3) is 0 Å². The van der Waals surface area contributed by atoms with E-state index in [0.29, 0.717) is 22.0 Å². The van der Waals surface area contributed by atoms with Crippen LogP contribution in [0.5, 0.6) is 5.75 Å². The number of halogens is 2. The zero-order valence-corrected chi connectivity index (χ0v) is 17.3. The van der Waals surface area contributed by atoms with Gasteiger partial charge in [0.15, 0.2) is 0 Å². The minimum absolute atomic E-state index is 0.237.